The maximum atomic E-state index is 16.4. The number of benzene rings is 4. The van der Waals surface area contributed by atoms with Crippen molar-refractivity contribution >= 4 is 23.6 Å². The summed E-state index contributed by atoms with van der Waals surface area (Å²) in [6.07, 6.45) is 1.96. The van der Waals surface area contributed by atoms with E-state index in [1.165, 1.54) is 12.1 Å². The molecule has 3 amide bonds. The molecule has 3 N–H and O–H groups in total. The van der Waals surface area contributed by atoms with Crippen LogP contribution in [0.2, 0.25) is 0 Å². The smallest absolute Gasteiger partial charge is 0.328 e. The highest BCUT2D eigenvalue weighted by molar-refractivity contribution is 6.08. The molecule has 0 saturated carbocycles. The first-order valence-corrected chi connectivity index (χ1v) is 17.0. The normalized spacial score (nSPS) is 14.0. The maximum Gasteiger partial charge on any atom is 0.328 e. The standard InChI is InChI=1S/C40H39F2N5O4/c1-4-25-16-13-17-26(5-2)35(25)47-36(29-22-32(42)34(23-31(29)41)43-39(51)44-37(48)27-14-9-7-10-15-27)30-24-46(21-20-33(30)45-47)40(6-3,38(49)50)28-18-11-8-12-19-28/h7-19,22-23H,4-6,20-21,24H2,1-3H3,(H,49,50)(H2,43,44,48,51). The van der Waals surface area contributed by atoms with E-state index in [1.54, 1.807) is 47.1 Å². The second-order valence-electron chi connectivity index (χ2n) is 12.5. The Morgan fingerprint density at radius 3 is 2.12 bits per heavy atom. The molecule has 1 aromatic heterocycles. The molecule has 1 aliphatic rings. The van der Waals surface area contributed by atoms with Gasteiger partial charge in [-0.05, 0) is 54.2 Å². The summed E-state index contributed by atoms with van der Waals surface area (Å²) in [4.78, 5) is 40.2. The van der Waals surface area contributed by atoms with E-state index in [9.17, 15) is 19.5 Å². The van der Waals surface area contributed by atoms with Gasteiger partial charge in [-0.3, -0.25) is 15.0 Å². The fourth-order valence-corrected chi connectivity index (χ4v) is 7.10. The minimum absolute atomic E-state index is 0.0977. The Kier molecular flexibility index (Phi) is 10.1. The number of aromatic nitrogens is 2. The largest absolute Gasteiger partial charge is 0.480 e. The van der Waals surface area contributed by atoms with Gasteiger partial charge in [0.05, 0.1) is 22.8 Å². The molecule has 0 radical (unpaired) electrons. The number of hydrogen-bond acceptors (Lipinski definition) is 5. The lowest BCUT2D eigenvalue weighted by molar-refractivity contribution is -0.154. The van der Waals surface area contributed by atoms with Crippen LogP contribution in [-0.4, -0.2) is 44.2 Å². The van der Waals surface area contributed by atoms with Crippen molar-refractivity contribution in [1.82, 2.24) is 20.0 Å². The van der Waals surface area contributed by atoms with Crippen molar-refractivity contribution in [1.29, 1.82) is 0 Å². The first kappa shape index (κ1) is 35.2. The lowest BCUT2D eigenvalue weighted by Gasteiger charge is -2.42. The Bertz CT molecular complexity index is 2080. The predicted molar refractivity (Wildman–Crippen MR) is 191 cm³/mol. The van der Waals surface area contributed by atoms with Crippen molar-refractivity contribution in [3.05, 3.63) is 136 Å². The van der Waals surface area contributed by atoms with Crippen molar-refractivity contribution in [3.8, 4) is 16.9 Å². The summed E-state index contributed by atoms with van der Waals surface area (Å²) in [6.45, 7) is 6.35. The van der Waals surface area contributed by atoms with Crippen LogP contribution in [0, 0.1) is 11.6 Å². The van der Waals surface area contributed by atoms with Crippen molar-refractivity contribution in [2.24, 2.45) is 0 Å². The van der Waals surface area contributed by atoms with E-state index in [4.69, 9.17) is 5.10 Å². The van der Waals surface area contributed by atoms with E-state index >= 15 is 8.78 Å². The van der Waals surface area contributed by atoms with Gasteiger partial charge in [-0.1, -0.05) is 87.5 Å². The van der Waals surface area contributed by atoms with Gasteiger partial charge in [0.2, 0.25) is 0 Å². The highest BCUT2D eigenvalue weighted by atomic mass is 19.1. The molecular formula is C40H39F2N5O4. The molecule has 0 aliphatic carbocycles. The van der Waals surface area contributed by atoms with Gasteiger partial charge in [-0.25, -0.2) is 23.1 Å². The molecule has 6 rings (SSSR count). The molecule has 262 valence electrons. The van der Waals surface area contributed by atoms with Crippen LogP contribution in [0.15, 0.2) is 91.0 Å². The van der Waals surface area contributed by atoms with Crippen molar-refractivity contribution < 1.29 is 28.3 Å². The van der Waals surface area contributed by atoms with E-state index in [0.29, 0.717) is 48.3 Å². The van der Waals surface area contributed by atoms with Crippen LogP contribution >= 0.6 is 0 Å². The highest BCUT2D eigenvalue weighted by Crippen LogP contribution is 2.42. The minimum atomic E-state index is -1.38. The topological polar surface area (TPSA) is 117 Å². The number of hydrogen-bond donors (Lipinski definition) is 3. The number of carboxylic acid groups (broad SMARTS) is 1. The monoisotopic (exact) mass is 691 g/mol. The summed E-state index contributed by atoms with van der Waals surface area (Å²) in [5, 5.41) is 20.2. The fourth-order valence-electron chi connectivity index (χ4n) is 7.10. The Labute approximate surface area is 294 Å². The van der Waals surface area contributed by atoms with Crippen LogP contribution < -0.4 is 10.6 Å². The number of aliphatic carboxylic acids is 1. The molecule has 1 unspecified atom stereocenters. The van der Waals surface area contributed by atoms with Crippen LogP contribution in [0.25, 0.3) is 16.9 Å². The first-order chi connectivity index (χ1) is 24.6. The average molecular weight is 692 g/mol. The molecular weight excluding hydrogens is 652 g/mol. The zero-order valence-corrected chi connectivity index (χ0v) is 28.7. The molecule has 4 aromatic carbocycles. The Morgan fingerprint density at radius 1 is 0.863 bits per heavy atom. The molecule has 9 nitrogen and oxygen atoms in total. The van der Waals surface area contributed by atoms with E-state index < -0.39 is 40.8 Å². The second-order valence-corrected chi connectivity index (χ2v) is 12.5. The quantitative estimate of drug-likeness (QED) is 0.139. The molecule has 51 heavy (non-hydrogen) atoms. The number of imide groups is 1. The van der Waals surface area contributed by atoms with Crippen LogP contribution in [0.1, 0.15) is 65.5 Å². The van der Waals surface area contributed by atoms with E-state index in [-0.39, 0.29) is 24.1 Å². The summed E-state index contributed by atoms with van der Waals surface area (Å²) in [5.74, 6) is -3.47. The number of urea groups is 1. The summed E-state index contributed by atoms with van der Waals surface area (Å²) < 4.78 is 34.1. The zero-order valence-electron chi connectivity index (χ0n) is 28.7. The number of anilines is 1. The number of fused-ring (bicyclic) bond motifs is 1. The van der Waals surface area contributed by atoms with Gasteiger partial charge >= 0.3 is 12.0 Å². The lowest BCUT2D eigenvalue weighted by Crippen LogP contribution is -2.53. The molecule has 2 heterocycles. The number of rotatable bonds is 10. The molecule has 0 fully saturated rings. The van der Waals surface area contributed by atoms with Crippen molar-refractivity contribution in [2.75, 3.05) is 11.9 Å². The van der Waals surface area contributed by atoms with Crippen LogP contribution in [0.3, 0.4) is 0 Å². The Hall–Kier alpha value is -5.68. The summed E-state index contributed by atoms with van der Waals surface area (Å²) in [6, 6.07) is 23.9. The predicted octanol–water partition coefficient (Wildman–Crippen LogP) is 7.65. The molecule has 1 aliphatic heterocycles. The first-order valence-electron chi connectivity index (χ1n) is 17.0. The zero-order chi connectivity index (χ0) is 36.3. The van der Waals surface area contributed by atoms with E-state index in [2.05, 4.69) is 10.6 Å². The summed E-state index contributed by atoms with van der Waals surface area (Å²) >= 11 is 0. The summed E-state index contributed by atoms with van der Waals surface area (Å²) in [5.41, 5.74) is 3.17. The Balaban J connectivity index is 1.47. The number of carboxylic acids is 1. The minimum Gasteiger partial charge on any atom is -0.480 e. The molecule has 0 saturated heterocycles. The highest BCUT2D eigenvalue weighted by Gasteiger charge is 2.46. The van der Waals surface area contributed by atoms with Gasteiger partial charge in [-0.2, -0.15) is 5.10 Å². The van der Waals surface area contributed by atoms with Crippen LogP contribution in [-0.2, 0) is 36.1 Å². The third kappa shape index (κ3) is 6.52. The molecule has 5 aromatic rings. The third-order valence-electron chi connectivity index (χ3n) is 9.69. The number of nitrogens with one attached hydrogen (secondary N) is 2. The second kappa shape index (κ2) is 14.7. The fraction of sp³-hybridized carbons (Fsp3) is 0.250. The molecule has 1 atom stereocenters. The number of halogens is 2. The third-order valence-corrected chi connectivity index (χ3v) is 9.69. The van der Waals surface area contributed by atoms with Crippen LogP contribution in [0.4, 0.5) is 19.3 Å². The van der Waals surface area contributed by atoms with Gasteiger partial charge < -0.3 is 10.4 Å². The van der Waals surface area contributed by atoms with E-state index in [1.807, 2.05) is 49.9 Å². The molecule has 0 spiro atoms. The molecule has 0 bridgehead atoms. The number of nitrogens with zero attached hydrogens (tertiary/aromatic N) is 3. The van der Waals surface area contributed by atoms with E-state index in [0.717, 1.165) is 28.9 Å². The Morgan fingerprint density at radius 2 is 1.51 bits per heavy atom. The summed E-state index contributed by atoms with van der Waals surface area (Å²) in [7, 11) is 0. The average Bonchev–Trinajstić information content (AvgIpc) is 3.52. The van der Waals surface area contributed by atoms with Gasteiger partial charge in [0.1, 0.15) is 17.2 Å². The number of amides is 3. The van der Waals surface area contributed by atoms with Crippen molar-refractivity contribution in [2.45, 2.75) is 58.5 Å². The van der Waals surface area contributed by atoms with Gasteiger partial charge in [-0.15, -0.1) is 0 Å². The van der Waals surface area contributed by atoms with Crippen molar-refractivity contribution in [3.63, 3.8) is 0 Å². The number of carbonyl (C=O) groups is 3. The number of carbonyl (C=O) groups excluding carboxylic acids is 2. The van der Waals surface area contributed by atoms with Gasteiger partial charge in [0.25, 0.3) is 5.91 Å². The van der Waals surface area contributed by atoms with Gasteiger partial charge in [0, 0.05) is 42.3 Å². The SMILES string of the molecule is CCc1cccc(CC)c1-n1nc2c(c1-c1cc(F)c(NC(=O)NC(=O)c3ccccc3)cc1F)CN(C(CC)(C(=O)O)c1ccccc1)CC2. The number of para-hydroxylation sites is 1. The lowest BCUT2D eigenvalue weighted by atomic mass is 9.83. The molecule has 11 heteroatoms. The van der Waals surface area contributed by atoms with Crippen LogP contribution in [0.5, 0.6) is 0 Å². The number of aryl methyl sites for hydroxylation is 2. The maximum absolute atomic E-state index is 16.4. The van der Waals surface area contributed by atoms with Gasteiger partial charge in [0.15, 0.2) is 0 Å².